The van der Waals surface area contributed by atoms with Crippen molar-refractivity contribution in [1.82, 2.24) is 0 Å². The first kappa shape index (κ1) is 8.70. The fourth-order valence-electron chi connectivity index (χ4n) is 0.290. The minimum absolute atomic E-state index is 0.802. The van der Waals surface area contributed by atoms with Crippen molar-refractivity contribution in [3.8, 4) is 0 Å². The van der Waals surface area contributed by atoms with Crippen molar-refractivity contribution < 1.29 is 0 Å². The Morgan fingerprint density at radius 3 is 2.44 bits per heavy atom. The summed E-state index contributed by atoms with van der Waals surface area (Å²) in [6, 6.07) is 0. The van der Waals surface area contributed by atoms with Gasteiger partial charge in [0.05, 0.1) is 0 Å². The van der Waals surface area contributed by atoms with E-state index < -0.39 is 0 Å². The van der Waals surface area contributed by atoms with Crippen LogP contribution in [0.1, 0.15) is 27.2 Å². The molecule has 2 heteroatoms. The summed E-state index contributed by atoms with van der Waals surface area (Å²) in [5.74, 6) is 0. The second-order valence-corrected chi connectivity index (χ2v) is 2.49. The molecule has 0 amide bonds. The number of aliphatic imine (C=N–C) groups is 1. The van der Waals surface area contributed by atoms with Crippen molar-refractivity contribution >= 4 is 17.3 Å². The molecule has 0 radical (unpaired) electrons. The molecule has 0 heterocycles. The van der Waals surface area contributed by atoms with Crippen LogP contribution in [0.5, 0.6) is 0 Å². The smallest absolute Gasteiger partial charge is 0.0412 e. The first-order valence-corrected chi connectivity index (χ1v) is 3.40. The second-order valence-electron chi connectivity index (χ2n) is 2.01. The molecule has 9 heavy (non-hydrogen) atoms. The fraction of sp³-hybridized carbons (Fsp3) is 0.571. The summed E-state index contributed by atoms with van der Waals surface area (Å²) < 4.78 is 0. The third-order valence-corrected chi connectivity index (χ3v) is 1.17. The first-order chi connectivity index (χ1) is 4.16. The Morgan fingerprint density at radius 2 is 2.11 bits per heavy atom. The van der Waals surface area contributed by atoms with Gasteiger partial charge in [-0.2, -0.15) is 0 Å². The minimum atomic E-state index is 0.802. The summed E-state index contributed by atoms with van der Waals surface area (Å²) in [6.45, 7) is 5.88. The van der Waals surface area contributed by atoms with Crippen LogP contribution in [0.2, 0.25) is 0 Å². The highest BCUT2D eigenvalue weighted by molar-refractivity contribution is 6.29. The number of nitrogens with zero attached hydrogens (tertiary/aromatic N) is 1. The lowest BCUT2D eigenvalue weighted by molar-refractivity contribution is 1.18. The largest absolute Gasteiger partial charge is 0.265 e. The minimum Gasteiger partial charge on any atom is -0.265 e. The molecule has 1 nitrogen and oxygen atoms in total. The normalized spacial score (nSPS) is 11.3. The quantitative estimate of drug-likeness (QED) is 0.530. The highest BCUT2D eigenvalue weighted by atomic mass is 35.5. The van der Waals surface area contributed by atoms with Crippen molar-refractivity contribution in [3.63, 3.8) is 0 Å². The molecule has 0 saturated carbocycles. The van der Waals surface area contributed by atoms with Crippen molar-refractivity contribution in [3.05, 3.63) is 11.2 Å². The number of hydrogen-bond donors (Lipinski definition) is 0. The van der Waals surface area contributed by atoms with Crippen molar-refractivity contribution in [2.24, 2.45) is 4.99 Å². The van der Waals surface area contributed by atoms with Gasteiger partial charge in [-0.05, 0) is 20.3 Å². The summed E-state index contributed by atoms with van der Waals surface area (Å²) in [5.41, 5.74) is 1.03. The van der Waals surface area contributed by atoms with Crippen LogP contribution in [0.15, 0.2) is 16.2 Å². The lowest BCUT2D eigenvalue weighted by atomic mass is 10.4. The van der Waals surface area contributed by atoms with Gasteiger partial charge in [0.15, 0.2) is 0 Å². The third-order valence-electron chi connectivity index (χ3n) is 0.801. The Labute approximate surface area is 61.4 Å². The standard InChI is InChI=1S/C7H12ClN/c1-4-7(8)5-9-6(2)3/h5H,4H2,1-3H3/b7-5+. The lowest BCUT2D eigenvalue weighted by Gasteiger charge is -1.87. The summed E-state index contributed by atoms with van der Waals surface area (Å²) >= 11 is 5.66. The summed E-state index contributed by atoms with van der Waals surface area (Å²) in [5, 5.41) is 0.802. The Balaban J connectivity index is 3.83. The highest BCUT2D eigenvalue weighted by Crippen LogP contribution is 2.04. The Hall–Kier alpha value is -0.300. The van der Waals surface area contributed by atoms with Gasteiger partial charge in [0.2, 0.25) is 0 Å². The molecular weight excluding hydrogens is 134 g/mol. The highest BCUT2D eigenvalue weighted by Gasteiger charge is 1.82. The van der Waals surface area contributed by atoms with Gasteiger partial charge in [-0.15, -0.1) is 0 Å². The Bertz CT molecular complexity index is 132. The molecule has 0 aliphatic rings. The predicted octanol–water partition coefficient (Wildman–Crippen LogP) is 2.96. The van der Waals surface area contributed by atoms with Gasteiger partial charge in [0, 0.05) is 16.9 Å². The predicted molar refractivity (Wildman–Crippen MR) is 43.0 cm³/mol. The maximum atomic E-state index is 5.66. The topological polar surface area (TPSA) is 12.4 Å². The van der Waals surface area contributed by atoms with Crippen LogP contribution >= 0.6 is 11.6 Å². The van der Waals surface area contributed by atoms with Crippen LogP contribution < -0.4 is 0 Å². The van der Waals surface area contributed by atoms with Gasteiger partial charge in [0.1, 0.15) is 0 Å². The summed E-state index contributed by atoms with van der Waals surface area (Å²) in [4.78, 5) is 4.02. The maximum Gasteiger partial charge on any atom is 0.0412 e. The second kappa shape index (κ2) is 4.57. The zero-order valence-electron chi connectivity index (χ0n) is 6.11. The van der Waals surface area contributed by atoms with Gasteiger partial charge >= 0.3 is 0 Å². The number of halogens is 1. The number of rotatable bonds is 2. The van der Waals surface area contributed by atoms with E-state index in [4.69, 9.17) is 11.6 Å². The van der Waals surface area contributed by atoms with Crippen LogP contribution in [-0.4, -0.2) is 5.71 Å². The van der Waals surface area contributed by atoms with E-state index in [9.17, 15) is 0 Å². The van der Waals surface area contributed by atoms with E-state index in [0.29, 0.717) is 0 Å². The van der Waals surface area contributed by atoms with E-state index in [0.717, 1.165) is 17.2 Å². The summed E-state index contributed by atoms with van der Waals surface area (Å²) in [7, 11) is 0. The molecular formula is C7H12ClN. The van der Waals surface area contributed by atoms with Crippen LogP contribution in [0.25, 0.3) is 0 Å². The van der Waals surface area contributed by atoms with Gasteiger partial charge < -0.3 is 0 Å². The van der Waals surface area contributed by atoms with E-state index in [1.54, 1.807) is 6.20 Å². The molecule has 0 unspecified atom stereocenters. The van der Waals surface area contributed by atoms with E-state index in [1.807, 2.05) is 20.8 Å². The fourth-order valence-corrected chi connectivity index (χ4v) is 0.339. The molecule has 0 atom stereocenters. The van der Waals surface area contributed by atoms with Crippen molar-refractivity contribution in [2.75, 3.05) is 0 Å². The number of allylic oxidation sites excluding steroid dienone is 1. The van der Waals surface area contributed by atoms with E-state index in [2.05, 4.69) is 4.99 Å². The van der Waals surface area contributed by atoms with Crippen molar-refractivity contribution in [1.29, 1.82) is 0 Å². The van der Waals surface area contributed by atoms with E-state index >= 15 is 0 Å². The molecule has 0 spiro atoms. The molecule has 0 bridgehead atoms. The van der Waals surface area contributed by atoms with Gasteiger partial charge in [-0.1, -0.05) is 18.5 Å². The van der Waals surface area contributed by atoms with Gasteiger partial charge in [-0.25, -0.2) is 0 Å². The molecule has 0 aromatic rings. The van der Waals surface area contributed by atoms with E-state index in [1.165, 1.54) is 0 Å². The molecule has 0 rings (SSSR count). The molecule has 0 aliphatic heterocycles. The van der Waals surface area contributed by atoms with Crippen LogP contribution in [0.3, 0.4) is 0 Å². The molecule has 0 fully saturated rings. The average Bonchev–Trinajstić information content (AvgIpc) is 1.83. The SMILES string of the molecule is CC/C(Cl)=C\N=C(C)C. The van der Waals surface area contributed by atoms with E-state index in [-0.39, 0.29) is 0 Å². The molecule has 0 aliphatic carbocycles. The van der Waals surface area contributed by atoms with Gasteiger partial charge in [0.25, 0.3) is 0 Å². The molecule has 0 N–H and O–H groups in total. The van der Waals surface area contributed by atoms with Crippen LogP contribution in [0.4, 0.5) is 0 Å². The zero-order chi connectivity index (χ0) is 7.28. The zero-order valence-corrected chi connectivity index (χ0v) is 6.87. The Morgan fingerprint density at radius 1 is 1.56 bits per heavy atom. The summed E-state index contributed by atoms with van der Waals surface area (Å²) in [6.07, 6.45) is 2.55. The molecule has 52 valence electrons. The molecule has 0 saturated heterocycles. The maximum absolute atomic E-state index is 5.66. The third kappa shape index (κ3) is 5.57. The lowest BCUT2D eigenvalue weighted by Crippen LogP contribution is -1.76. The van der Waals surface area contributed by atoms with Gasteiger partial charge in [-0.3, -0.25) is 4.99 Å². The van der Waals surface area contributed by atoms with Crippen molar-refractivity contribution in [2.45, 2.75) is 27.2 Å². The Kier molecular flexibility index (Phi) is 4.41. The average molecular weight is 146 g/mol. The number of hydrogen-bond acceptors (Lipinski definition) is 1. The monoisotopic (exact) mass is 145 g/mol. The first-order valence-electron chi connectivity index (χ1n) is 3.02. The van der Waals surface area contributed by atoms with Crippen LogP contribution in [0, 0.1) is 0 Å². The van der Waals surface area contributed by atoms with Crippen LogP contribution in [-0.2, 0) is 0 Å². The molecule has 0 aromatic heterocycles. The molecule has 0 aromatic carbocycles.